The quantitative estimate of drug-likeness (QED) is 0.631. The first-order valence-electron chi connectivity index (χ1n) is 7.35. The van der Waals surface area contributed by atoms with Gasteiger partial charge in [0.25, 0.3) is 0 Å². The van der Waals surface area contributed by atoms with E-state index in [0.717, 1.165) is 36.6 Å². The molecule has 2 rings (SSSR count). The molecule has 1 aromatic carbocycles. The van der Waals surface area contributed by atoms with E-state index < -0.39 is 0 Å². The summed E-state index contributed by atoms with van der Waals surface area (Å²) in [7, 11) is 1.73. The summed E-state index contributed by atoms with van der Waals surface area (Å²) in [4.78, 5) is 4.16. The van der Waals surface area contributed by atoms with Crippen LogP contribution in [0.15, 0.2) is 41.7 Å². The molecule has 0 saturated carbocycles. The Hall–Kier alpha value is -2.37. The van der Waals surface area contributed by atoms with E-state index in [2.05, 4.69) is 20.7 Å². The molecule has 0 saturated heterocycles. The van der Waals surface area contributed by atoms with Crippen LogP contribution in [0.4, 0.5) is 4.39 Å². The van der Waals surface area contributed by atoms with Crippen LogP contribution in [-0.2, 0) is 13.0 Å². The first kappa shape index (κ1) is 16.0. The van der Waals surface area contributed by atoms with Gasteiger partial charge in [0.1, 0.15) is 5.82 Å². The van der Waals surface area contributed by atoms with Crippen LogP contribution >= 0.6 is 0 Å². The van der Waals surface area contributed by atoms with E-state index in [1.807, 2.05) is 30.1 Å². The molecule has 0 aliphatic heterocycles. The van der Waals surface area contributed by atoms with Crippen LogP contribution in [-0.4, -0.2) is 35.9 Å². The number of aryl methyl sites for hydroxylation is 1. The number of nitrogens with zero attached hydrogens (tertiary/aromatic N) is 3. The molecule has 0 atom stereocenters. The Morgan fingerprint density at radius 2 is 2.14 bits per heavy atom. The van der Waals surface area contributed by atoms with Gasteiger partial charge in [0.05, 0.1) is 12.7 Å². The summed E-state index contributed by atoms with van der Waals surface area (Å²) in [6.45, 7) is 4.23. The second-order valence-corrected chi connectivity index (χ2v) is 5.09. The normalized spacial score (nSPS) is 11.5. The zero-order valence-corrected chi connectivity index (χ0v) is 13.0. The summed E-state index contributed by atoms with van der Waals surface area (Å²) in [6.07, 6.45) is 4.59. The lowest BCUT2D eigenvalue weighted by Crippen LogP contribution is -2.39. The maximum absolute atomic E-state index is 13.1. The number of aromatic nitrogens is 2. The summed E-state index contributed by atoms with van der Waals surface area (Å²) in [6, 6.07) is 6.65. The van der Waals surface area contributed by atoms with E-state index in [1.165, 1.54) is 6.07 Å². The van der Waals surface area contributed by atoms with Gasteiger partial charge in [-0.2, -0.15) is 5.10 Å². The number of aliphatic imine (C=N–C) groups is 1. The molecule has 0 radical (unpaired) electrons. The third kappa shape index (κ3) is 5.20. The van der Waals surface area contributed by atoms with Crippen molar-refractivity contribution in [3.63, 3.8) is 0 Å². The summed E-state index contributed by atoms with van der Waals surface area (Å²) in [5.41, 5.74) is 2.12. The van der Waals surface area contributed by atoms with Gasteiger partial charge in [0.15, 0.2) is 5.96 Å². The van der Waals surface area contributed by atoms with Gasteiger partial charge in [-0.25, -0.2) is 4.39 Å². The van der Waals surface area contributed by atoms with Crippen molar-refractivity contribution in [2.24, 2.45) is 4.99 Å². The van der Waals surface area contributed by atoms with Crippen LogP contribution in [0.25, 0.3) is 0 Å². The van der Waals surface area contributed by atoms with Gasteiger partial charge in [-0.1, -0.05) is 12.1 Å². The SMILES string of the molecule is CN=C(NCCc1cccc(F)c1)NCCn1cc(C)cn1. The highest BCUT2D eigenvalue weighted by atomic mass is 19.1. The number of guanidine groups is 1. The third-order valence-corrected chi connectivity index (χ3v) is 3.21. The Balaban J connectivity index is 1.69. The molecule has 5 nitrogen and oxygen atoms in total. The highest BCUT2D eigenvalue weighted by Gasteiger charge is 1.99. The van der Waals surface area contributed by atoms with Gasteiger partial charge in [-0.3, -0.25) is 9.67 Å². The second-order valence-electron chi connectivity index (χ2n) is 5.09. The molecule has 118 valence electrons. The Labute approximate surface area is 130 Å². The first-order chi connectivity index (χ1) is 10.7. The molecule has 0 aliphatic rings. The number of benzene rings is 1. The Kier molecular flexibility index (Phi) is 5.94. The largest absolute Gasteiger partial charge is 0.356 e. The number of halogens is 1. The van der Waals surface area contributed by atoms with Gasteiger partial charge in [-0.05, 0) is 36.6 Å². The minimum absolute atomic E-state index is 0.200. The molecule has 1 heterocycles. The van der Waals surface area contributed by atoms with E-state index in [1.54, 1.807) is 19.2 Å². The van der Waals surface area contributed by atoms with Gasteiger partial charge in [0, 0.05) is 26.3 Å². The summed E-state index contributed by atoms with van der Waals surface area (Å²) >= 11 is 0. The number of hydrogen-bond donors (Lipinski definition) is 2. The van der Waals surface area contributed by atoms with Crippen LogP contribution in [0.3, 0.4) is 0 Å². The van der Waals surface area contributed by atoms with Crippen LogP contribution < -0.4 is 10.6 Å². The fourth-order valence-electron chi connectivity index (χ4n) is 2.12. The predicted molar refractivity (Wildman–Crippen MR) is 86.4 cm³/mol. The van der Waals surface area contributed by atoms with E-state index in [9.17, 15) is 4.39 Å². The monoisotopic (exact) mass is 303 g/mol. The molecule has 0 aliphatic carbocycles. The lowest BCUT2D eigenvalue weighted by molar-refractivity contribution is 0.597. The average molecular weight is 303 g/mol. The van der Waals surface area contributed by atoms with Crippen LogP contribution in [0.1, 0.15) is 11.1 Å². The molecular weight excluding hydrogens is 281 g/mol. The first-order valence-corrected chi connectivity index (χ1v) is 7.35. The molecule has 2 N–H and O–H groups in total. The zero-order valence-electron chi connectivity index (χ0n) is 13.0. The van der Waals surface area contributed by atoms with E-state index in [-0.39, 0.29) is 5.82 Å². The number of hydrogen-bond acceptors (Lipinski definition) is 2. The maximum Gasteiger partial charge on any atom is 0.191 e. The second kappa shape index (κ2) is 8.17. The smallest absolute Gasteiger partial charge is 0.191 e. The molecule has 2 aromatic rings. The van der Waals surface area contributed by atoms with Crippen molar-refractivity contribution in [2.45, 2.75) is 19.9 Å². The Bertz CT molecular complexity index is 621. The molecule has 0 bridgehead atoms. The van der Waals surface area contributed by atoms with Crippen molar-refractivity contribution in [1.29, 1.82) is 0 Å². The summed E-state index contributed by atoms with van der Waals surface area (Å²) in [5, 5.41) is 10.7. The van der Waals surface area contributed by atoms with Crippen molar-refractivity contribution < 1.29 is 4.39 Å². The van der Waals surface area contributed by atoms with Crippen LogP contribution in [0.2, 0.25) is 0 Å². The fourth-order valence-corrected chi connectivity index (χ4v) is 2.12. The minimum Gasteiger partial charge on any atom is -0.356 e. The average Bonchev–Trinajstić information content (AvgIpc) is 2.91. The minimum atomic E-state index is -0.200. The van der Waals surface area contributed by atoms with Crippen molar-refractivity contribution in [1.82, 2.24) is 20.4 Å². The van der Waals surface area contributed by atoms with Crippen molar-refractivity contribution in [3.05, 3.63) is 53.6 Å². The maximum atomic E-state index is 13.1. The molecule has 0 fully saturated rings. The molecule has 0 unspecified atom stereocenters. The summed E-state index contributed by atoms with van der Waals surface area (Å²) in [5.74, 6) is 0.537. The highest BCUT2D eigenvalue weighted by Crippen LogP contribution is 2.03. The fraction of sp³-hybridized carbons (Fsp3) is 0.375. The van der Waals surface area contributed by atoms with Crippen molar-refractivity contribution >= 4 is 5.96 Å². The van der Waals surface area contributed by atoms with Crippen LogP contribution in [0, 0.1) is 12.7 Å². The van der Waals surface area contributed by atoms with E-state index in [0.29, 0.717) is 6.54 Å². The highest BCUT2D eigenvalue weighted by molar-refractivity contribution is 5.79. The van der Waals surface area contributed by atoms with E-state index >= 15 is 0 Å². The molecular formula is C16H22FN5. The van der Waals surface area contributed by atoms with Gasteiger partial charge >= 0.3 is 0 Å². The van der Waals surface area contributed by atoms with Crippen LogP contribution in [0.5, 0.6) is 0 Å². The summed E-state index contributed by atoms with van der Waals surface area (Å²) < 4.78 is 15.0. The molecule has 0 spiro atoms. The van der Waals surface area contributed by atoms with Gasteiger partial charge in [-0.15, -0.1) is 0 Å². The number of rotatable bonds is 6. The predicted octanol–water partition coefficient (Wildman–Crippen LogP) is 1.74. The van der Waals surface area contributed by atoms with Crippen molar-refractivity contribution in [3.8, 4) is 0 Å². The zero-order chi connectivity index (χ0) is 15.8. The van der Waals surface area contributed by atoms with Gasteiger partial charge < -0.3 is 10.6 Å². The molecule has 22 heavy (non-hydrogen) atoms. The van der Waals surface area contributed by atoms with Crippen molar-refractivity contribution in [2.75, 3.05) is 20.1 Å². The molecule has 1 aromatic heterocycles. The third-order valence-electron chi connectivity index (χ3n) is 3.21. The van der Waals surface area contributed by atoms with E-state index in [4.69, 9.17) is 0 Å². The lowest BCUT2D eigenvalue weighted by atomic mass is 10.1. The van der Waals surface area contributed by atoms with Gasteiger partial charge in [0.2, 0.25) is 0 Å². The lowest BCUT2D eigenvalue weighted by Gasteiger charge is -2.12. The molecule has 0 amide bonds. The Morgan fingerprint density at radius 1 is 1.32 bits per heavy atom. The standard InChI is InChI=1S/C16H22FN5/c1-13-11-21-22(12-13)9-8-20-16(18-2)19-7-6-14-4-3-5-15(17)10-14/h3-5,10-12H,6-9H2,1-2H3,(H2,18,19,20). The Morgan fingerprint density at radius 3 is 2.82 bits per heavy atom. The topological polar surface area (TPSA) is 54.2 Å². The molecule has 6 heteroatoms. The number of nitrogens with one attached hydrogen (secondary N) is 2.